The molecule has 1 aromatic heterocycles. The number of carbonyl (C=O) groups excluding carboxylic acids is 1. The summed E-state index contributed by atoms with van der Waals surface area (Å²) in [6.45, 7) is 11.3. The van der Waals surface area contributed by atoms with E-state index in [9.17, 15) is 4.79 Å². The normalized spacial score (nSPS) is 23.6. The minimum absolute atomic E-state index is 0.351. The first-order valence-electron chi connectivity index (χ1n) is 9.05. The van der Waals surface area contributed by atoms with E-state index in [4.69, 9.17) is 0 Å². The number of nitrogens with zero attached hydrogens (tertiary/aromatic N) is 4. The molecule has 0 spiro atoms. The van der Waals surface area contributed by atoms with Gasteiger partial charge in [0.2, 0.25) is 5.91 Å². The smallest absolute Gasteiger partial charge is 0.224 e. The topological polar surface area (TPSA) is 41.4 Å². The third-order valence-corrected chi connectivity index (χ3v) is 5.29. The Hall–Kier alpha value is -1.36. The maximum Gasteiger partial charge on any atom is 0.224 e. The van der Waals surface area contributed by atoms with Crippen LogP contribution >= 0.6 is 0 Å². The zero-order valence-electron chi connectivity index (χ0n) is 14.7. The number of aryl methyl sites for hydroxylation is 1. The van der Waals surface area contributed by atoms with E-state index >= 15 is 0 Å². The van der Waals surface area contributed by atoms with Crippen molar-refractivity contribution in [3.63, 3.8) is 0 Å². The van der Waals surface area contributed by atoms with Crippen molar-refractivity contribution in [1.29, 1.82) is 0 Å². The van der Waals surface area contributed by atoms with Gasteiger partial charge in [0, 0.05) is 50.5 Å². The lowest BCUT2D eigenvalue weighted by Gasteiger charge is -2.35. The second kappa shape index (κ2) is 7.04. The quantitative estimate of drug-likeness (QED) is 0.807. The second-order valence-corrected chi connectivity index (χ2v) is 7.55. The van der Waals surface area contributed by atoms with Crippen molar-refractivity contribution in [2.24, 2.45) is 11.8 Å². The van der Waals surface area contributed by atoms with E-state index in [1.807, 2.05) is 12.3 Å². The lowest BCUT2D eigenvalue weighted by molar-refractivity contribution is -0.133. The van der Waals surface area contributed by atoms with Gasteiger partial charge in [0.25, 0.3) is 0 Å². The minimum atomic E-state index is 0.351. The molecule has 1 aromatic rings. The Labute approximate surface area is 139 Å². The van der Waals surface area contributed by atoms with Crippen molar-refractivity contribution < 1.29 is 4.79 Å². The van der Waals surface area contributed by atoms with E-state index in [1.165, 1.54) is 18.5 Å². The predicted octanol–water partition coefficient (Wildman–Crippen LogP) is 2.16. The van der Waals surface area contributed by atoms with E-state index < -0.39 is 0 Å². The molecule has 2 heterocycles. The third kappa shape index (κ3) is 4.14. The van der Waals surface area contributed by atoms with Gasteiger partial charge in [-0.1, -0.05) is 13.8 Å². The molecule has 2 fully saturated rings. The number of carbonyl (C=O) groups is 1. The highest BCUT2D eigenvalue weighted by atomic mass is 16.2. The summed E-state index contributed by atoms with van der Waals surface area (Å²) in [5.74, 6) is 1.62. The van der Waals surface area contributed by atoms with Crippen molar-refractivity contribution in [3.8, 4) is 0 Å². The second-order valence-electron chi connectivity index (χ2n) is 7.55. The summed E-state index contributed by atoms with van der Waals surface area (Å²) in [4.78, 5) is 17.3. The Morgan fingerprint density at radius 3 is 2.70 bits per heavy atom. The highest BCUT2D eigenvalue weighted by molar-refractivity contribution is 5.77. The molecule has 1 saturated heterocycles. The number of hydrogen-bond acceptors (Lipinski definition) is 3. The molecular formula is C18H30N4O. The highest BCUT2D eigenvalue weighted by Crippen LogP contribution is 2.32. The van der Waals surface area contributed by atoms with Gasteiger partial charge in [0.05, 0.1) is 6.54 Å². The fourth-order valence-corrected chi connectivity index (χ4v) is 3.50. The van der Waals surface area contributed by atoms with E-state index in [0.717, 1.165) is 38.6 Å². The standard InChI is InChI=1S/C18H30N4O/c1-14(2)17-13-20(10-11-22-15(3)6-8-19-22)9-7-18(23)21(17)12-16-4-5-16/h6,8,14,16-17H,4-5,7,9-13H2,1-3H3. The first-order valence-corrected chi connectivity index (χ1v) is 9.05. The molecule has 0 N–H and O–H groups in total. The van der Waals surface area contributed by atoms with Gasteiger partial charge in [0.1, 0.15) is 0 Å². The summed E-state index contributed by atoms with van der Waals surface area (Å²) in [6, 6.07) is 2.39. The lowest BCUT2D eigenvalue weighted by atomic mass is 10.0. The first kappa shape index (κ1) is 16.5. The van der Waals surface area contributed by atoms with E-state index in [2.05, 4.69) is 40.4 Å². The van der Waals surface area contributed by atoms with Gasteiger partial charge in [-0.25, -0.2) is 0 Å². The molecule has 1 aliphatic heterocycles. The molecule has 1 atom stereocenters. The van der Waals surface area contributed by atoms with Crippen LogP contribution < -0.4 is 0 Å². The third-order valence-electron chi connectivity index (χ3n) is 5.29. The molecule has 3 rings (SSSR count). The first-order chi connectivity index (χ1) is 11.0. The molecule has 0 aromatic carbocycles. The van der Waals surface area contributed by atoms with Crippen LogP contribution in [0.25, 0.3) is 0 Å². The van der Waals surface area contributed by atoms with E-state index in [1.54, 1.807) is 0 Å². The monoisotopic (exact) mass is 318 g/mol. The molecule has 5 heteroatoms. The summed E-state index contributed by atoms with van der Waals surface area (Å²) < 4.78 is 2.05. The summed E-state index contributed by atoms with van der Waals surface area (Å²) in [5.41, 5.74) is 1.20. The molecule has 0 radical (unpaired) electrons. The molecule has 1 saturated carbocycles. The van der Waals surface area contributed by atoms with Gasteiger partial charge in [-0.15, -0.1) is 0 Å². The maximum absolute atomic E-state index is 12.6. The molecule has 1 amide bonds. The summed E-state index contributed by atoms with van der Waals surface area (Å²) in [6.07, 6.45) is 5.12. The van der Waals surface area contributed by atoms with Gasteiger partial charge in [-0.2, -0.15) is 5.10 Å². The minimum Gasteiger partial charge on any atom is -0.338 e. The van der Waals surface area contributed by atoms with Crippen molar-refractivity contribution in [1.82, 2.24) is 19.6 Å². The van der Waals surface area contributed by atoms with Gasteiger partial charge in [-0.05, 0) is 37.7 Å². The SMILES string of the molecule is Cc1ccnn1CCN1CCC(=O)N(CC2CC2)C(C(C)C)C1. The highest BCUT2D eigenvalue weighted by Gasteiger charge is 2.35. The molecule has 1 aliphatic carbocycles. The number of aromatic nitrogens is 2. The molecule has 5 nitrogen and oxygen atoms in total. The largest absolute Gasteiger partial charge is 0.338 e. The van der Waals surface area contributed by atoms with Crippen LogP contribution in [-0.4, -0.2) is 57.7 Å². The van der Waals surface area contributed by atoms with Gasteiger partial charge in [-0.3, -0.25) is 14.4 Å². The van der Waals surface area contributed by atoms with Gasteiger partial charge < -0.3 is 4.90 Å². The van der Waals surface area contributed by atoms with Crippen LogP contribution in [0.1, 0.15) is 38.8 Å². The average Bonchev–Trinajstić information content (AvgIpc) is 3.26. The molecule has 1 unspecified atom stereocenters. The summed E-state index contributed by atoms with van der Waals surface area (Å²) in [5, 5.41) is 4.37. The zero-order chi connectivity index (χ0) is 16.4. The van der Waals surface area contributed by atoms with Gasteiger partial charge in [0.15, 0.2) is 0 Å². The fraction of sp³-hybridized carbons (Fsp3) is 0.778. The number of rotatable bonds is 6. The van der Waals surface area contributed by atoms with E-state index in [-0.39, 0.29) is 0 Å². The summed E-state index contributed by atoms with van der Waals surface area (Å²) in [7, 11) is 0. The number of amides is 1. The summed E-state index contributed by atoms with van der Waals surface area (Å²) >= 11 is 0. The van der Waals surface area contributed by atoms with Crippen molar-refractivity contribution in [2.75, 3.05) is 26.2 Å². The van der Waals surface area contributed by atoms with Crippen LogP contribution in [0.5, 0.6) is 0 Å². The van der Waals surface area contributed by atoms with Crippen LogP contribution in [0, 0.1) is 18.8 Å². The number of hydrogen-bond donors (Lipinski definition) is 0. The van der Waals surface area contributed by atoms with Crippen LogP contribution in [0.2, 0.25) is 0 Å². The van der Waals surface area contributed by atoms with Gasteiger partial charge >= 0.3 is 0 Å². The molecular weight excluding hydrogens is 288 g/mol. The lowest BCUT2D eigenvalue weighted by Crippen LogP contribution is -2.47. The Bertz CT molecular complexity index is 535. The maximum atomic E-state index is 12.6. The van der Waals surface area contributed by atoms with Crippen LogP contribution in [0.3, 0.4) is 0 Å². The molecule has 128 valence electrons. The van der Waals surface area contributed by atoms with Crippen LogP contribution in [0.15, 0.2) is 12.3 Å². The van der Waals surface area contributed by atoms with Crippen LogP contribution in [-0.2, 0) is 11.3 Å². The predicted molar refractivity (Wildman–Crippen MR) is 91.1 cm³/mol. The zero-order valence-corrected chi connectivity index (χ0v) is 14.7. The average molecular weight is 318 g/mol. The molecule has 0 bridgehead atoms. The van der Waals surface area contributed by atoms with Crippen molar-refractivity contribution in [2.45, 2.75) is 52.6 Å². The van der Waals surface area contributed by atoms with Crippen molar-refractivity contribution >= 4 is 5.91 Å². The Morgan fingerprint density at radius 1 is 1.30 bits per heavy atom. The molecule has 2 aliphatic rings. The molecule has 23 heavy (non-hydrogen) atoms. The van der Waals surface area contributed by atoms with E-state index in [0.29, 0.717) is 24.3 Å². The Kier molecular flexibility index (Phi) is 5.05. The Morgan fingerprint density at radius 2 is 2.09 bits per heavy atom. The fourth-order valence-electron chi connectivity index (χ4n) is 3.50. The van der Waals surface area contributed by atoms with Crippen molar-refractivity contribution in [3.05, 3.63) is 18.0 Å². The van der Waals surface area contributed by atoms with Crippen LogP contribution in [0.4, 0.5) is 0 Å². The Balaban J connectivity index is 1.63.